The van der Waals surface area contributed by atoms with E-state index < -0.39 is 5.95 Å². The van der Waals surface area contributed by atoms with Gasteiger partial charge in [-0.25, -0.2) is 4.98 Å². The summed E-state index contributed by atoms with van der Waals surface area (Å²) >= 11 is 0. The topological polar surface area (TPSA) is 12.9 Å². The summed E-state index contributed by atoms with van der Waals surface area (Å²) in [6, 6.07) is 12.0. The molecule has 1 aromatic heterocycles. The molecular formula is C24H32FN. The van der Waals surface area contributed by atoms with Gasteiger partial charge in [0.05, 0.1) is 0 Å². The van der Waals surface area contributed by atoms with Crippen LogP contribution in [0.2, 0.25) is 0 Å². The minimum absolute atomic E-state index is 0.427. The number of unbranched alkanes of at least 4 members (excludes halogenated alkanes) is 2. The van der Waals surface area contributed by atoms with Gasteiger partial charge in [-0.05, 0) is 53.9 Å². The van der Waals surface area contributed by atoms with Gasteiger partial charge in [0.1, 0.15) is 0 Å². The van der Waals surface area contributed by atoms with Crippen LogP contribution in [0.25, 0.3) is 11.1 Å². The number of benzene rings is 1. The van der Waals surface area contributed by atoms with E-state index in [1.165, 1.54) is 63.0 Å². The van der Waals surface area contributed by atoms with Crippen LogP contribution in [0.3, 0.4) is 0 Å². The Hall–Kier alpha value is -1.70. The highest BCUT2D eigenvalue weighted by molar-refractivity contribution is 5.62. The maximum atomic E-state index is 13.0. The minimum Gasteiger partial charge on any atom is -0.228 e. The zero-order chi connectivity index (χ0) is 18.4. The molecular weight excluding hydrogens is 321 g/mol. The molecule has 1 aromatic carbocycles. The third-order valence-corrected chi connectivity index (χ3v) is 6.31. The van der Waals surface area contributed by atoms with E-state index in [-0.39, 0.29) is 0 Å². The monoisotopic (exact) mass is 353 g/mol. The second kappa shape index (κ2) is 9.30. The Kier molecular flexibility index (Phi) is 6.82. The van der Waals surface area contributed by atoms with E-state index >= 15 is 0 Å². The Balaban J connectivity index is 1.55. The Morgan fingerprint density at radius 3 is 2.27 bits per heavy atom. The fraction of sp³-hybridized carbons (Fsp3) is 0.542. The Bertz CT molecular complexity index is 654. The van der Waals surface area contributed by atoms with Gasteiger partial charge >= 0.3 is 0 Å². The van der Waals surface area contributed by atoms with Crippen molar-refractivity contribution in [2.24, 2.45) is 11.8 Å². The summed E-state index contributed by atoms with van der Waals surface area (Å²) in [5, 5.41) is 0. The van der Waals surface area contributed by atoms with Gasteiger partial charge in [0.15, 0.2) is 0 Å². The summed E-state index contributed by atoms with van der Waals surface area (Å²) in [6.45, 7) is 4.67. The van der Waals surface area contributed by atoms with Crippen LogP contribution in [0.15, 0.2) is 42.6 Å². The van der Waals surface area contributed by atoms with Crippen molar-refractivity contribution in [2.45, 2.75) is 71.1 Å². The van der Waals surface area contributed by atoms with Crippen molar-refractivity contribution >= 4 is 0 Å². The van der Waals surface area contributed by atoms with Crippen LogP contribution in [0.5, 0.6) is 0 Å². The fourth-order valence-electron chi connectivity index (χ4n) is 4.46. The van der Waals surface area contributed by atoms with Crippen LogP contribution in [-0.2, 0) is 0 Å². The van der Waals surface area contributed by atoms with E-state index in [1.807, 2.05) is 0 Å². The van der Waals surface area contributed by atoms with Gasteiger partial charge in [0.2, 0.25) is 5.95 Å². The van der Waals surface area contributed by atoms with Crippen LogP contribution in [0.4, 0.5) is 4.39 Å². The molecule has 26 heavy (non-hydrogen) atoms. The SMILES string of the molecule is CCCCCC1CCC(C(C)c2ccc(-c3ccc(F)nc3)cc2)CC1. The van der Waals surface area contributed by atoms with Crippen molar-refractivity contribution < 1.29 is 4.39 Å². The van der Waals surface area contributed by atoms with Gasteiger partial charge in [0.25, 0.3) is 0 Å². The lowest BCUT2D eigenvalue weighted by atomic mass is 9.73. The van der Waals surface area contributed by atoms with Crippen molar-refractivity contribution in [3.05, 3.63) is 54.1 Å². The summed E-state index contributed by atoms with van der Waals surface area (Å²) < 4.78 is 13.0. The van der Waals surface area contributed by atoms with Crippen LogP contribution >= 0.6 is 0 Å². The first-order valence-corrected chi connectivity index (χ1v) is 10.4. The standard InChI is InChI=1S/C24H32FN/c1-3-4-5-6-19-7-9-20(10-8-19)18(2)21-11-13-22(14-12-21)23-15-16-24(25)26-17-23/h11-20H,3-10H2,1-2H3. The van der Waals surface area contributed by atoms with Crippen LogP contribution in [-0.4, -0.2) is 4.98 Å². The second-order valence-corrected chi connectivity index (χ2v) is 8.06. The molecule has 1 aliphatic carbocycles. The summed E-state index contributed by atoms with van der Waals surface area (Å²) in [5.41, 5.74) is 3.50. The molecule has 3 rings (SSSR count). The molecule has 0 amide bonds. The van der Waals surface area contributed by atoms with Gasteiger partial charge in [-0.1, -0.05) is 76.6 Å². The van der Waals surface area contributed by atoms with E-state index in [0.29, 0.717) is 5.92 Å². The summed E-state index contributed by atoms with van der Waals surface area (Å²) in [5.74, 6) is 1.98. The van der Waals surface area contributed by atoms with Crippen LogP contribution in [0, 0.1) is 17.8 Å². The minimum atomic E-state index is -0.427. The van der Waals surface area contributed by atoms with Gasteiger partial charge in [-0.2, -0.15) is 4.39 Å². The Morgan fingerprint density at radius 1 is 0.962 bits per heavy atom. The number of hydrogen-bond acceptors (Lipinski definition) is 1. The zero-order valence-corrected chi connectivity index (χ0v) is 16.3. The number of pyridine rings is 1. The summed E-state index contributed by atoms with van der Waals surface area (Å²) in [4.78, 5) is 3.75. The number of aromatic nitrogens is 1. The quantitative estimate of drug-likeness (QED) is 0.374. The summed E-state index contributed by atoms with van der Waals surface area (Å²) in [6.07, 6.45) is 12.8. The first kappa shape index (κ1) is 19.1. The van der Waals surface area contributed by atoms with Gasteiger partial charge in [-0.15, -0.1) is 0 Å². The van der Waals surface area contributed by atoms with Gasteiger partial charge < -0.3 is 0 Å². The molecule has 1 atom stereocenters. The lowest BCUT2D eigenvalue weighted by Crippen LogP contribution is -2.19. The summed E-state index contributed by atoms with van der Waals surface area (Å²) in [7, 11) is 0. The number of rotatable bonds is 7. The largest absolute Gasteiger partial charge is 0.228 e. The molecule has 0 saturated heterocycles. The van der Waals surface area contributed by atoms with Crippen molar-refractivity contribution in [1.82, 2.24) is 4.98 Å². The molecule has 1 fully saturated rings. The van der Waals surface area contributed by atoms with E-state index in [2.05, 4.69) is 43.1 Å². The molecule has 1 heterocycles. The first-order valence-electron chi connectivity index (χ1n) is 10.4. The highest BCUT2D eigenvalue weighted by Crippen LogP contribution is 2.39. The predicted molar refractivity (Wildman–Crippen MR) is 108 cm³/mol. The molecule has 0 N–H and O–H groups in total. The second-order valence-electron chi connectivity index (χ2n) is 8.06. The van der Waals surface area contributed by atoms with Crippen molar-refractivity contribution in [3.8, 4) is 11.1 Å². The van der Waals surface area contributed by atoms with Crippen LogP contribution < -0.4 is 0 Å². The van der Waals surface area contributed by atoms with E-state index in [1.54, 1.807) is 12.3 Å². The first-order chi connectivity index (χ1) is 12.7. The molecule has 0 radical (unpaired) electrons. The third kappa shape index (κ3) is 4.93. The van der Waals surface area contributed by atoms with Crippen LogP contribution in [0.1, 0.15) is 76.7 Å². The van der Waals surface area contributed by atoms with E-state index in [4.69, 9.17) is 0 Å². The fourth-order valence-corrected chi connectivity index (χ4v) is 4.46. The van der Waals surface area contributed by atoms with E-state index in [9.17, 15) is 4.39 Å². The number of nitrogens with zero attached hydrogens (tertiary/aromatic N) is 1. The van der Waals surface area contributed by atoms with E-state index in [0.717, 1.165) is 23.0 Å². The molecule has 1 aliphatic rings. The Morgan fingerprint density at radius 2 is 1.65 bits per heavy atom. The average molecular weight is 354 g/mol. The average Bonchev–Trinajstić information content (AvgIpc) is 2.69. The molecule has 1 saturated carbocycles. The molecule has 0 spiro atoms. The van der Waals surface area contributed by atoms with Gasteiger partial charge in [0, 0.05) is 11.8 Å². The molecule has 1 unspecified atom stereocenters. The molecule has 140 valence electrons. The maximum absolute atomic E-state index is 13.0. The number of halogens is 1. The van der Waals surface area contributed by atoms with Crippen molar-refractivity contribution in [3.63, 3.8) is 0 Å². The lowest BCUT2D eigenvalue weighted by molar-refractivity contribution is 0.236. The molecule has 2 aromatic rings. The molecule has 0 bridgehead atoms. The number of hydrogen-bond donors (Lipinski definition) is 0. The smallest absolute Gasteiger partial charge is 0.212 e. The third-order valence-electron chi connectivity index (χ3n) is 6.31. The normalized spacial score (nSPS) is 21.5. The zero-order valence-electron chi connectivity index (χ0n) is 16.3. The molecule has 1 nitrogen and oxygen atoms in total. The molecule has 2 heteroatoms. The lowest BCUT2D eigenvalue weighted by Gasteiger charge is -2.32. The highest BCUT2D eigenvalue weighted by atomic mass is 19.1. The Labute approximate surface area is 158 Å². The maximum Gasteiger partial charge on any atom is 0.212 e. The van der Waals surface area contributed by atoms with Crippen molar-refractivity contribution in [2.75, 3.05) is 0 Å². The predicted octanol–water partition coefficient (Wildman–Crippen LogP) is 7.38. The van der Waals surface area contributed by atoms with Gasteiger partial charge in [-0.3, -0.25) is 0 Å². The highest BCUT2D eigenvalue weighted by Gasteiger charge is 2.25. The molecule has 0 aliphatic heterocycles. The van der Waals surface area contributed by atoms with Crippen molar-refractivity contribution in [1.29, 1.82) is 0 Å².